The molecule has 0 aromatic heterocycles. The van der Waals surface area contributed by atoms with Crippen LogP contribution in [0.5, 0.6) is 0 Å². The van der Waals surface area contributed by atoms with Crippen molar-refractivity contribution in [3.05, 3.63) is 66.2 Å². The molecule has 0 amide bonds. The van der Waals surface area contributed by atoms with Crippen LogP contribution in [-0.4, -0.2) is 0 Å². The highest BCUT2D eigenvalue weighted by Crippen LogP contribution is 2.42. The van der Waals surface area contributed by atoms with E-state index in [2.05, 4.69) is 61.5 Å². The van der Waals surface area contributed by atoms with Crippen molar-refractivity contribution in [2.24, 2.45) is 0 Å². The van der Waals surface area contributed by atoms with Crippen LogP contribution in [0.15, 0.2) is 60.7 Å². The monoisotopic (exact) mass is 295 g/mol. The molecule has 0 bridgehead atoms. The number of nitrogen functional groups attached to an aromatic ring is 1. The number of aryl methyl sites for hydroxylation is 1. The van der Waals surface area contributed by atoms with Gasteiger partial charge >= 0.3 is 0 Å². The van der Waals surface area contributed by atoms with E-state index in [1.807, 2.05) is 6.07 Å². The van der Waals surface area contributed by atoms with Gasteiger partial charge in [0.15, 0.2) is 0 Å². The average molecular weight is 295 g/mol. The van der Waals surface area contributed by atoms with Gasteiger partial charge in [0.2, 0.25) is 0 Å². The maximum absolute atomic E-state index is 6.24. The number of hydrogen-bond donors (Lipinski definition) is 1. The van der Waals surface area contributed by atoms with Crippen molar-refractivity contribution in [3.8, 4) is 0 Å². The molecule has 0 unspecified atom stereocenters. The zero-order chi connectivity index (χ0) is 15.6. The highest BCUT2D eigenvalue weighted by atomic mass is 14.5. The molecule has 23 heavy (non-hydrogen) atoms. The van der Waals surface area contributed by atoms with Crippen molar-refractivity contribution in [1.29, 1.82) is 0 Å². The lowest BCUT2D eigenvalue weighted by atomic mass is 9.88. The molecule has 0 saturated heterocycles. The van der Waals surface area contributed by atoms with Crippen molar-refractivity contribution < 1.29 is 0 Å². The van der Waals surface area contributed by atoms with Crippen molar-refractivity contribution in [1.82, 2.24) is 0 Å². The highest BCUT2D eigenvalue weighted by molar-refractivity contribution is 6.34. The first-order valence-electron chi connectivity index (χ1n) is 8.16. The van der Waals surface area contributed by atoms with E-state index in [1.165, 1.54) is 43.3 Å². The number of fused-ring (bicyclic) bond motifs is 2. The fourth-order valence-corrected chi connectivity index (χ4v) is 4.10. The Morgan fingerprint density at radius 3 is 1.83 bits per heavy atom. The molecule has 1 heteroatoms. The molecular weight excluding hydrogens is 278 g/mol. The van der Waals surface area contributed by atoms with Gasteiger partial charge in [-0.1, -0.05) is 61.5 Å². The third-order valence-electron chi connectivity index (χ3n) is 5.17. The molecule has 1 nitrogen and oxygen atoms in total. The minimum absolute atomic E-state index is 0.853. The third kappa shape index (κ3) is 1.52. The van der Waals surface area contributed by atoms with Crippen LogP contribution in [0.1, 0.15) is 12.5 Å². The lowest BCUT2D eigenvalue weighted by Gasteiger charge is -2.16. The molecule has 0 saturated carbocycles. The van der Waals surface area contributed by atoms with Gasteiger partial charge in [0.05, 0.1) is 0 Å². The second-order valence-electron chi connectivity index (χ2n) is 6.28. The maximum atomic E-state index is 6.24. The van der Waals surface area contributed by atoms with Gasteiger partial charge in [0.1, 0.15) is 0 Å². The van der Waals surface area contributed by atoms with E-state index in [0.29, 0.717) is 0 Å². The maximum Gasteiger partial charge on any atom is 0.0394 e. The lowest BCUT2D eigenvalue weighted by molar-refractivity contribution is 1.16. The SMILES string of the molecule is CCc1ccc2c3ccc(N)c4cccc(c5cccc1c52)c43. The van der Waals surface area contributed by atoms with Gasteiger partial charge in [0, 0.05) is 11.1 Å². The van der Waals surface area contributed by atoms with Crippen LogP contribution >= 0.6 is 0 Å². The summed E-state index contributed by atoms with van der Waals surface area (Å²) in [5.74, 6) is 0. The summed E-state index contributed by atoms with van der Waals surface area (Å²) >= 11 is 0. The molecule has 0 spiro atoms. The smallest absolute Gasteiger partial charge is 0.0394 e. The van der Waals surface area contributed by atoms with Crippen LogP contribution in [0.25, 0.3) is 43.1 Å². The van der Waals surface area contributed by atoms with Crippen molar-refractivity contribution in [2.45, 2.75) is 13.3 Å². The Morgan fingerprint density at radius 1 is 0.609 bits per heavy atom. The third-order valence-corrected chi connectivity index (χ3v) is 5.17. The van der Waals surface area contributed by atoms with Crippen LogP contribution in [0, 0.1) is 0 Å². The number of hydrogen-bond acceptors (Lipinski definition) is 1. The Bertz CT molecular complexity index is 1180. The lowest BCUT2D eigenvalue weighted by Crippen LogP contribution is -1.92. The number of benzene rings is 5. The van der Waals surface area contributed by atoms with Crippen LogP contribution in [0.4, 0.5) is 5.69 Å². The first kappa shape index (κ1) is 12.7. The molecule has 0 fully saturated rings. The summed E-state index contributed by atoms with van der Waals surface area (Å²) in [6, 6.07) is 21.9. The van der Waals surface area contributed by atoms with Gasteiger partial charge in [-0.15, -0.1) is 0 Å². The van der Waals surface area contributed by atoms with Crippen molar-refractivity contribution >= 4 is 48.8 Å². The van der Waals surface area contributed by atoms with E-state index in [0.717, 1.165) is 17.5 Å². The number of nitrogens with two attached hydrogens (primary N) is 1. The molecule has 110 valence electrons. The van der Waals surface area contributed by atoms with Crippen LogP contribution in [0.2, 0.25) is 0 Å². The van der Waals surface area contributed by atoms with Gasteiger partial charge in [-0.2, -0.15) is 0 Å². The number of rotatable bonds is 1. The fraction of sp³-hybridized carbons (Fsp3) is 0.0909. The zero-order valence-electron chi connectivity index (χ0n) is 13.1. The predicted molar refractivity (Wildman–Crippen MR) is 101 cm³/mol. The Labute approximate surface area is 134 Å². The quantitative estimate of drug-likeness (QED) is 0.233. The molecule has 0 aliphatic heterocycles. The Balaban J connectivity index is 2.22. The average Bonchev–Trinajstić information content (AvgIpc) is 2.60. The molecule has 0 radical (unpaired) electrons. The minimum Gasteiger partial charge on any atom is -0.398 e. The van der Waals surface area contributed by atoms with E-state index >= 15 is 0 Å². The van der Waals surface area contributed by atoms with Gasteiger partial charge in [0.25, 0.3) is 0 Å². The molecule has 0 heterocycles. The van der Waals surface area contributed by atoms with Crippen molar-refractivity contribution in [2.75, 3.05) is 5.73 Å². The summed E-state index contributed by atoms with van der Waals surface area (Å²) < 4.78 is 0. The van der Waals surface area contributed by atoms with Gasteiger partial charge in [-0.05, 0) is 55.8 Å². The second-order valence-corrected chi connectivity index (χ2v) is 6.28. The molecule has 2 N–H and O–H groups in total. The van der Waals surface area contributed by atoms with Gasteiger partial charge in [-0.25, -0.2) is 0 Å². The normalized spacial score (nSPS) is 12.0. The standard InChI is InChI=1S/C22H17N/c1-2-13-9-10-17-18-11-12-20(23)19-8-4-7-16(22(18)19)15-6-3-5-14(13)21(15)17/h3-12H,2,23H2,1H3. The molecule has 5 aromatic rings. The first-order valence-corrected chi connectivity index (χ1v) is 8.16. The van der Waals surface area contributed by atoms with E-state index in [-0.39, 0.29) is 0 Å². The van der Waals surface area contributed by atoms with Gasteiger partial charge in [-0.3, -0.25) is 0 Å². The summed E-state index contributed by atoms with van der Waals surface area (Å²) in [5.41, 5.74) is 8.50. The van der Waals surface area contributed by atoms with Crippen LogP contribution in [-0.2, 0) is 6.42 Å². The summed E-state index contributed by atoms with van der Waals surface area (Å²) in [7, 11) is 0. The minimum atomic E-state index is 0.853. The summed E-state index contributed by atoms with van der Waals surface area (Å²) in [4.78, 5) is 0. The predicted octanol–water partition coefficient (Wildman–Crippen LogP) is 5.88. The van der Waals surface area contributed by atoms with E-state index in [1.54, 1.807) is 0 Å². The van der Waals surface area contributed by atoms with E-state index < -0.39 is 0 Å². The summed E-state index contributed by atoms with van der Waals surface area (Å²) in [6.07, 6.45) is 1.05. The molecular formula is C22H17N. The fourth-order valence-electron chi connectivity index (χ4n) is 4.10. The Hall–Kier alpha value is -2.80. The van der Waals surface area contributed by atoms with Crippen LogP contribution in [0.3, 0.4) is 0 Å². The Morgan fingerprint density at radius 2 is 1.13 bits per heavy atom. The first-order chi connectivity index (χ1) is 11.3. The highest BCUT2D eigenvalue weighted by Gasteiger charge is 2.14. The largest absolute Gasteiger partial charge is 0.398 e. The van der Waals surface area contributed by atoms with E-state index in [9.17, 15) is 0 Å². The Kier molecular flexibility index (Phi) is 2.41. The zero-order valence-corrected chi connectivity index (χ0v) is 13.1. The van der Waals surface area contributed by atoms with Crippen LogP contribution < -0.4 is 5.73 Å². The topological polar surface area (TPSA) is 26.0 Å². The van der Waals surface area contributed by atoms with Gasteiger partial charge < -0.3 is 5.73 Å². The molecule has 0 aliphatic carbocycles. The summed E-state index contributed by atoms with van der Waals surface area (Å²) in [5, 5.41) is 10.5. The second kappa shape index (κ2) is 4.36. The molecule has 5 rings (SSSR count). The summed E-state index contributed by atoms with van der Waals surface area (Å²) in [6.45, 7) is 2.22. The van der Waals surface area contributed by atoms with Crippen molar-refractivity contribution in [3.63, 3.8) is 0 Å². The number of anilines is 1. The van der Waals surface area contributed by atoms with E-state index in [4.69, 9.17) is 5.73 Å². The molecule has 5 aromatic carbocycles. The molecule has 0 aliphatic rings. The molecule has 0 atom stereocenters.